The van der Waals surface area contributed by atoms with Crippen molar-refractivity contribution in [3.05, 3.63) is 34.6 Å². The standard InChI is InChI=1S/C13H17FO/c1-4-5-6-12(15)11-8-9(2)7-10(3)13(11)14/h7-8H,4-6H2,1-3H3. The lowest BCUT2D eigenvalue weighted by Crippen LogP contribution is -2.04. The molecule has 0 atom stereocenters. The zero-order valence-corrected chi connectivity index (χ0v) is 9.56. The molecule has 0 saturated carbocycles. The van der Waals surface area contributed by atoms with Crippen LogP contribution in [-0.2, 0) is 0 Å². The van der Waals surface area contributed by atoms with Gasteiger partial charge in [-0.3, -0.25) is 4.79 Å². The lowest BCUT2D eigenvalue weighted by Gasteiger charge is -2.06. The van der Waals surface area contributed by atoms with E-state index in [2.05, 4.69) is 0 Å². The summed E-state index contributed by atoms with van der Waals surface area (Å²) in [6.45, 7) is 5.59. The van der Waals surface area contributed by atoms with Crippen molar-refractivity contribution in [2.75, 3.05) is 0 Å². The molecule has 0 aliphatic heterocycles. The Bertz CT molecular complexity index is 369. The second kappa shape index (κ2) is 5.06. The lowest BCUT2D eigenvalue weighted by atomic mass is 10.0. The first-order valence-electron chi connectivity index (χ1n) is 5.36. The highest BCUT2D eigenvalue weighted by Crippen LogP contribution is 2.17. The fraction of sp³-hybridized carbons (Fsp3) is 0.462. The van der Waals surface area contributed by atoms with Crippen LogP contribution in [0.2, 0.25) is 0 Å². The van der Waals surface area contributed by atoms with Crippen LogP contribution in [-0.4, -0.2) is 5.78 Å². The van der Waals surface area contributed by atoms with Gasteiger partial charge in [0.2, 0.25) is 0 Å². The Labute approximate surface area is 90.3 Å². The van der Waals surface area contributed by atoms with Crippen LogP contribution in [0.1, 0.15) is 47.7 Å². The van der Waals surface area contributed by atoms with Crippen molar-refractivity contribution in [1.29, 1.82) is 0 Å². The molecule has 1 aromatic rings. The van der Waals surface area contributed by atoms with Gasteiger partial charge in [-0.15, -0.1) is 0 Å². The second-order valence-electron chi connectivity index (χ2n) is 3.97. The Hall–Kier alpha value is -1.18. The quantitative estimate of drug-likeness (QED) is 0.687. The van der Waals surface area contributed by atoms with Gasteiger partial charge in [0.25, 0.3) is 0 Å². The molecule has 2 heteroatoms. The van der Waals surface area contributed by atoms with Crippen molar-refractivity contribution >= 4 is 5.78 Å². The van der Waals surface area contributed by atoms with Crippen molar-refractivity contribution in [2.45, 2.75) is 40.0 Å². The molecule has 0 unspecified atom stereocenters. The van der Waals surface area contributed by atoms with Gasteiger partial charge in [-0.1, -0.05) is 19.4 Å². The van der Waals surface area contributed by atoms with E-state index in [0.717, 1.165) is 18.4 Å². The molecule has 0 heterocycles. The summed E-state index contributed by atoms with van der Waals surface area (Å²) in [6.07, 6.45) is 2.22. The van der Waals surface area contributed by atoms with Gasteiger partial charge < -0.3 is 0 Å². The minimum Gasteiger partial charge on any atom is -0.294 e. The third-order valence-electron chi connectivity index (χ3n) is 2.46. The van der Waals surface area contributed by atoms with E-state index in [1.54, 1.807) is 19.1 Å². The predicted molar refractivity (Wildman–Crippen MR) is 59.7 cm³/mol. The first-order chi connectivity index (χ1) is 7.06. The number of carbonyl (C=O) groups is 1. The molecule has 0 aliphatic carbocycles. The zero-order valence-electron chi connectivity index (χ0n) is 9.56. The number of ketones is 1. The minimum atomic E-state index is -0.360. The van der Waals surface area contributed by atoms with Crippen LogP contribution >= 0.6 is 0 Å². The Balaban J connectivity index is 2.98. The van der Waals surface area contributed by atoms with Crippen molar-refractivity contribution in [3.8, 4) is 0 Å². The maximum atomic E-state index is 13.6. The first-order valence-corrected chi connectivity index (χ1v) is 5.36. The molecule has 0 aliphatic rings. The molecular formula is C13H17FO. The van der Waals surface area contributed by atoms with E-state index >= 15 is 0 Å². The van der Waals surface area contributed by atoms with Crippen LogP contribution in [0.5, 0.6) is 0 Å². The molecule has 0 amide bonds. The van der Waals surface area contributed by atoms with Crippen molar-refractivity contribution in [2.24, 2.45) is 0 Å². The summed E-state index contributed by atoms with van der Waals surface area (Å²) in [6, 6.07) is 3.40. The van der Waals surface area contributed by atoms with E-state index in [1.807, 2.05) is 13.8 Å². The molecule has 82 valence electrons. The van der Waals surface area contributed by atoms with Gasteiger partial charge in [-0.2, -0.15) is 0 Å². The highest BCUT2D eigenvalue weighted by Gasteiger charge is 2.13. The molecule has 1 aromatic carbocycles. The van der Waals surface area contributed by atoms with Gasteiger partial charge in [0.1, 0.15) is 5.82 Å². The van der Waals surface area contributed by atoms with E-state index in [0.29, 0.717) is 12.0 Å². The van der Waals surface area contributed by atoms with Gasteiger partial charge in [0, 0.05) is 6.42 Å². The summed E-state index contributed by atoms with van der Waals surface area (Å²) in [4.78, 5) is 11.7. The minimum absolute atomic E-state index is 0.0823. The van der Waals surface area contributed by atoms with Gasteiger partial charge in [0.05, 0.1) is 5.56 Å². The fourth-order valence-electron chi connectivity index (χ4n) is 1.62. The number of aryl methyl sites for hydroxylation is 2. The van der Waals surface area contributed by atoms with E-state index < -0.39 is 0 Å². The normalized spacial score (nSPS) is 10.4. The molecule has 0 aromatic heterocycles. The Morgan fingerprint density at radius 1 is 1.33 bits per heavy atom. The SMILES string of the molecule is CCCCC(=O)c1cc(C)cc(C)c1F. The molecule has 15 heavy (non-hydrogen) atoms. The van der Waals surface area contributed by atoms with Gasteiger partial charge >= 0.3 is 0 Å². The molecule has 0 saturated heterocycles. The Morgan fingerprint density at radius 3 is 2.60 bits per heavy atom. The molecule has 0 bridgehead atoms. The monoisotopic (exact) mass is 208 g/mol. The lowest BCUT2D eigenvalue weighted by molar-refractivity contribution is 0.0975. The fourth-order valence-corrected chi connectivity index (χ4v) is 1.62. The average Bonchev–Trinajstić information content (AvgIpc) is 2.19. The van der Waals surface area contributed by atoms with Crippen molar-refractivity contribution in [1.82, 2.24) is 0 Å². The van der Waals surface area contributed by atoms with Crippen LogP contribution < -0.4 is 0 Å². The summed E-state index contributed by atoms with van der Waals surface area (Å²) in [5.41, 5.74) is 1.74. The van der Waals surface area contributed by atoms with Crippen LogP contribution in [0.3, 0.4) is 0 Å². The summed E-state index contributed by atoms with van der Waals surface area (Å²) in [5, 5.41) is 0. The largest absolute Gasteiger partial charge is 0.294 e. The number of carbonyl (C=O) groups excluding carboxylic acids is 1. The molecule has 0 fully saturated rings. The summed E-state index contributed by atoms with van der Waals surface area (Å²) in [5.74, 6) is -0.442. The van der Waals surface area contributed by atoms with E-state index in [4.69, 9.17) is 0 Å². The number of hydrogen-bond donors (Lipinski definition) is 0. The third-order valence-corrected chi connectivity index (χ3v) is 2.46. The maximum Gasteiger partial charge on any atom is 0.165 e. The highest BCUT2D eigenvalue weighted by molar-refractivity contribution is 5.96. The van der Waals surface area contributed by atoms with Crippen molar-refractivity contribution in [3.63, 3.8) is 0 Å². The molecule has 0 N–H and O–H groups in total. The average molecular weight is 208 g/mol. The van der Waals surface area contributed by atoms with Crippen LogP contribution in [0.25, 0.3) is 0 Å². The summed E-state index contributed by atoms with van der Waals surface area (Å²) >= 11 is 0. The van der Waals surface area contributed by atoms with Gasteiger partial charge in [-0.05, 0) is 37.5 Å². The van der Waals surface area contributed by atoms with Crippen molar-refractivity contribution < 1.29 is 9.18 Å². The van der Waals surface area contributed by atoms with Gasteiger partial charge in [0.15, 0.2) is 5.78 Å². The third kappa shape index (κ3) is 2.88. The second-order valence-corrected chi connectivity index (χ2v) is 3.97. The Morgan fingerprint density at radius 2 is 2.00 bits per heavy atom. The smallest absolute Gasteiger partial charge is 0.165 e. The number of rotatable bonds is 4. The maximum absolute atomic E-state index is 13.6. The summed E-state index contributed by atoms with van der Waals surface area (Å²) in [7, 11) is 0. The van der Waals surface area contributed by atoms with Crippen LogP contribution in [0.4, 0.5) is 4.39 Å². The van der Waals surface area contributed by atoms with Crippen LogP contribution in [0, 0.1) is 19.7 Å². The molecular weight excluding hydrogens is 191 g/mol. The van der Waals surface area contributed by atoms with E-state index in [1.165, 1.54) is 0 Å². The number of halogens is 1. The Kier molecular flexibility index (Phi) is 4.01. The number of benzene rings is 1. The summed E-state index contributed by atoms with van der Waals surface area (Å²) < 4.78 is 13.6. The molecule has 0 radical (unpaired) electrons. The number of hydrogen-bond acceptors (Lipinski definition) is 1. The topological polar surface area (TPSA) is 17.1 Å². The van der Waals surface area contributed by atoms with Crippen LogP contribution in [0.15, 0.2) is 12.1 Å². The molecule has 0 spiro atoms. The van der Waals surface area contributed by atoms with Gasteiger partial charge in [-0.25, -0.2) is 4.39 Å². The van der Waals surface area contributed by atoms with E-state index in [-0.39, 0.29) is 17.2 Å². The molecule has 1 rings (SSSR count). The zero-order chi connectivity index (χ0) is 11.4. The first kappa shape index (κ1) is 11.9. The highest BCUT2D eigenvalue weighted by atomic mass is 19.1. The van der Waals surface area contributed by atoms with E-state index in [9.17, 15) is 9.18 Å². The number of unbranched alkanes of at least 4 members (excludes halogenated alkanes) is 1. The molecule has 1 nitrogen and oxygen atoms in total. The predicted octanol–water partition coefficient (Wildman–Crippen LogP) is 3.82. The number of Topliss-reactive ketones (excluding diaryl/α,β-unsaturated/α-hetero) is 1.